The van der Waals surface area contributed by atoms with Gasteiger partial charge in [-0.15, -0.1) is 11.3 Å². The Bertz CT molecular complexity index is 496. The summed E-state index contributed by atoms with van der Waals surface area (Å²) in [6.07, 6.45) is 2.45. The van der Waals surface area contributed by atoms with Crippen molar-refractivity contribution in [3.63, 3.8) is 0 Å². The average Bonchev–Trinajstić information content (AvgIpc) is 2.82. The number of nitrogens with one attached hydrogen (secondary N) is 1. The van der Waals surface area contributed by atoms with E-state index in [0.29, 0.717) is 18.1 Å². The summed E-state index contributed by atoms with van der Waals surface area (Å²) in [6.45, 7) is 0.562. The number of pyridine rings is 1. The summed E-state index contributed by atoms with van der Waals surface area (Å²) < 4.78 is 5.60. The number of thiophene rings is 1. The van der Waals surface area contributed by atoms with E-state index in [2.05, 4.69) is 11.1 Å². The second kappa shape index (κ2) is 5.45. The van der Waals surface area contributed by atoms with Crippen LogP contribution in [0.1, 0.15) is 10.6 Å². The molecule has 2 aromatic rings. The Morgan fingerprint density at radius 3 is 3.00 bits per heavy atom. The van der Waals surface area contributed by atoms with Gasteiger partial charge in [0.05, 0.1) is 6.61 Å². The Kier molecular flexibility index (Phi) is 3.72. The van der Waals surface area contributed by atoms with Gasteiger partial charge in [0.1, 0.15) is 17.3 Å². The minimum atomic E-state index is -0.0725. The predicted molar refractivity (Wildman–Crippen MR) is 68.8 cm³/mol. The Labute approximate surface area is 104 Å². The zero-order chi connectivity index (χ0) is 12.1. The highest BCUT2D eigenvalue weighted by Crippen LogP contribution is 2.16. The third-order valence-corrected chi connectivity index (χ3v) is 3.15. The van der Waals surface area contributed by atoms with Crippen molar-refractivity contribution in [3.05, 3.63) is 46.4 Å². The molecule has 0 saturated carbocycles. The highest BCUT2D eigenvalue weighted by atomic mass is 32.1. The van der Waals surface area contributed by atoms with Crippen LogP contribution in [0.3, 0.4) is 0 Å². The fourth-order valence-corrected chi connectivity index (χ4v) is 2.12. The first-order chi connectivity index (χ1) is 8.27. The zero-order valence-electron chi connectivity index (χ0n) is 9.22. The van der Waals surface area contributed by atoms with E-state index in [1.165, 1.54) is 4.88 Å². The number of amidine groups is 1. The highest BCUT2D eigenvalue weighted by molar-refractivity contribution is 7.09. The van der Waals surface area contributed by atoms with Crippen molar-refractivity contribution in [3.8, 4) is 5.75 Å². The molecule has 0 aliphatic heterocycles. The molecular formula is C12H13N3OS. The van der Waals surface area contributed by atoms with Gasteiger partial charge in [0, 0.05) is 17.5 Å². The van der Waals surface area contributed by atoms with Gasteiger partial charge in [0.25, 0.3) is 0 Å². The topological polar surface area (TPSA) is 72.0 Å². The maximum absolute atomic E-state index is 7.39. The molecule has 88 valence electrons. The maximum atomic E-state index is 7.39. The quantitative estimate of drug-likeness (QED) is 0.627. The van der Waals surface area contributed by atoms with Crippen LogP contribution in [0.25, 0.3) is 0 Å². The summed E-state index contributed by atoms with van der Waals surface area (Å²) >= 11 is 1.71. The number of hydrogen-bond acceptors (Lipinski definition) is 4. The van der Waals surface area contributed by atoms with E-state index in [1.807, 2.05) is 11.4 Å². The van der Waals surface area contributed by atoms with Crippen molar-refractivity contribution in [2.45, 2.75) is 6.42 Å². The first-order valence-electron chi connectivity index (χ1n) is 5.22. The first-order valence-corrected chi connectivity index (χ1v) is 6.10. The molecule has 0 radical (unpaired) electrons. The second-order valence-corrected chi connectivity index (χ2v) is 4.47. The van der Waals surface area contributed by atoms with E-state index in [1.54, 1.807) is 29.7 Å². The number of nitrogens with zero attached hydrogens (tertiary/aromatic N) is 1. The lowest BCUT2D eigenvalue weighted by atomic mass is 10.3. The Hall–Kier alpha value is -1.88. The van der Waals surface area contributed by atoms with Gasteiger partial charge in [-0.3, -0.25) is 5.41 Å². The zero-order valence-corrected chi connectivity index (χ0v) is 10.0. The number of nitrogens with two attached hydrogens (primary N) is 1. The van der Waals surface area contributed by atoms with Gasteiger partial charge in [-0.1, -0.05) is 6.07 Å². The molecule has 0 aliphatic rings. The molecule has 0 aromatic carbocycles. The predicted octanol–water partition coefficient (Wildman–Crippen LogP) is 2.05. The highest BCUT2D eigenvalue weighted by Gasteiger charge is 2.07. The number of rotatable bonds is 5. The normalized spacial score (nSPS) is 10.1. The van der Waals surface area contributed by atoms with Crippen LogP contribution in [0.4, 0.5) is 0 Å². The Morgan fingerprint density at radius 2 is 2.29 bits per heavy atom. The first kappa shape index (κ1) is 11.6. The molecular weight excluding hydrogens is 234 g/mol. The van der Waals surface area contributed by atoms with E-state index >= 15 is 0 Å². The third kappa shape index (κ3) is 3.04. The molecule has 0 aliphatic carbocycles. The Morgan fingerprint density at radius 1 is 1.41 bits per heavy atom. The maximum Gasteiger partial charge on any atom is 0.148 e. The molecule has 0 fully saturated rings. The van der Waals surface area contributed by atoms with Crippen molar-refractivity contribution in [2.75, 3.05) is 6.61 Å². The van der Waals surface area contributed by atoms with Gasteiger partial charge < -0.3 is 10.5 Å². The van der Waals surface area contributed by atoms with Gasteiger partial charge in [0.15, 0.2) is 0 Å². The molecule has 0 saturated heterocycles. The van der Waals surface area contributed by atoms with Gasteiger partial charge in [0.2, 0.25) is 0 Å². The molecule has 0 atom stereocenters. The lowest BCUT2D eigenvalue weighted by Crippen LogP contribution is -2.15. The van der Waals surface area contributed by atoms with Gasteiger partial charge in [-0.25, -0.2) is 4.98 Å². The number of aromatic nitrogens is 1. The van der Waals surface area contributed by atoms with Crippen LogP contribution in [-0.2, 0) is 6.42 Å². The summed E-state index contributed by atoms with van der Waals surface area (Å²) in [4.78, 5) is 5.30. The van der Waals surface area contributed by atoms with E-state index in [4.69, 9.17) is 15.9 Å². The van der Waals surface area contributed by atoms with Gasteiger partial charge in [-0.05, 0) is 23.6 Å². The van der Waals surface area contributed by atoms with Crippen LogP contribution in [0.5, 0.6) is 5.75 Å². The molecule has 17 heavy (non-hydrogen) atoms. The van der Waals surface area contributed by atoms with Crippen molar-refractivity contribution in [1.82, 2.24) is 4.98 Å². The second-order valence-electron chi connectivity index (χ2n) is 3.44. The van der Waals surface area contributed by atoms with Gasteiger partial charge >= 0.3 is 0 Å². The summed E-state index contributed by atoms with van der Waals surface area (Å²) in [5.41, 5.74) is 5.83. The summed E-state index contributed by atoms with van der Waals surface area (Å²) in [5.74, 6) is 0.494. The van der Waals surface area contributed by atoms with Crippen molar-refractivity contribution >= 4 is 17.2 Å². The SMILES string of the molecule is N=C(N)c1ncccc1OCCc1cccs1. The van der Waals surface area contributed by atoms with Crippen molar-refractivity contribution < 1.29 is 4.74 Å². The molecule has 2 aromatic heterocycles. The minimum Gasteiger partial charge on any atom is -0.491 e. The lowest BCUT2D eigenvalue weighted by Gasteiger charge is -2.08. The van der Waals surface area contributed by atoms with Crippen LogP contribution in [0, 0.1) is 5.41 Å². The van der Waals surface area contributed by atoms with E-state index in [0.717, 1.165) is 6.42 Å². The molecule has 0 bridgehead atoms. The molecule has 0 spiro atoms. The third-order valence-electron chi connectivity index (χ3n) is 2.21. The van der Waals surface area contributed by atoms with E-state index < -0.39 is 0 Å². The van der Waals surface area contributed by atoms with Gasteiger partial charge in [-0.2, -0.15) is 0 Å². The summed E-state index contributed by atoms with van der Waals surface area (Å²) in [5, 5.41) is 9.43. The van der Waals surface area contributed by atoms with E-state index in [-0.39, 0.29) is 5.84 Å². The minimum absolute atomic E-state index is 0.0725. The molecule has 5 heteroatoms. The van der Waals surface area contributed by atoms with Crippen LogP contribution in [0.2, 0.25) is 0 Å². The van der Waals surface area contributed by atoms with Crippen LogP contribution < -0.4 is 10.5 Å². The smallest absolute Gasteiger partial charge is 0.148 e. The van der Waals surface area contributed by atoms with Crippen molar-refractivity contribution in [2.24, 2.45) is 5.73 Å². The molecule has 3 N–H and O–H groups in total. The molecule has 4 nitrogen and oxygen atoms in total. The summed E-state index contributed by atoms with van der Waals surface area (Å²) in [7, 11) is 0. The van der Waals surface area contributed by atoms with E-state index in [9.17, 15) is 0 Å². The standard InChI is InChI=1S/C12H13N3OS/c13-12(14)11-10(4-1-6-15-11)16-7-5-9-3-2-8-17-9/h1-4,6,8H,5,7H2,(H3,13,14). The fourth-order valence-electron chi connectivity index (χ4n) is 1.43. The number of ether oxygens (including phenoxy) is 1. The molecule has 0 unspecified atom stereocenters. The van der Waals surface area contributed by atoms with Crippen LogP contribution >= 0.6 is 11.3 Å². The van der Waals surface area contributed by atoms with Crippen LogP contribution in [-0.4, -0.2) is 17.4 Å². The number of nitrogen functional groups attached to an aromatic ring is 1. The largest absolute Gasteiger partial charge is 0.491 e. The average molecular weight is 247 g/mol. The number of hydrogen-bond donors (Lipinski definition) is 2. The molecule has 2 rings (SSSR count). The summed E-state index contributed by atoms with van der Waals surface area (Å²) in [6, 6.07) is 7.64. The van der Waals surface area contributed by atoms with Crippen molar-refractivity contribution in [1.29, 1.82) is 5.41 Å². The monoisotopic (exact) mass is 247 g/mol. The van der Waals surface area contributed by atoms with Crippen LogP contribution in [0.15, 0.2) is 35.8 Å². The molecule has 2 heterocycles. The lowest BCUT2D eigenvalue weighted by molar-refractivity contribution is 0.321. The fraction of sp³-hybridized carbons (Fsp3) is 0.167. The molecule has 0 amide bonds. The Balaban J connectivity index is 1.97.